The zero-order valence-electron chi connectivity index (χ0n) is 6.52. The summed E-state index contributed by atoms with van der Waals surface area (Å²) in [5, 5.41) is 0. The van der Waals surface area contributed by atoms with Crippen LogP contribution in [0.3, 0.4) is 0 Å². The van der Waals surface area contributed by atoms with E-state index in [-0.39, 0.29) is 5.59 Å². The van der Waals surface area contributed by atoms with Gasteiger partial charge in [-0.1, -0.05) is 6.82 Å². The Balaban J connectivity index is 3.14. The number of halogens is 3. The molecule has 12 heavy (non-hydrogen) atoms. The summed E-state index contributed by atoms with van der Waals surface area (Å²) in [5.74, 6) is 0. The van der Waals surface area contributed by atoms with Gasteiger partial charge in [-0.3, -0.25) is 4.98 Å². The molecule has 0 aliphatic carbocycles. The zero-order chi connectivity index (χ0) is 9.19. The van der Waals surface area contributed by atoms with Crippen molar-refractivity contribution < 1.29 is 13.2 Å². The van der Waals surface area contributed by atoms with E-state index in [0.717, 1.165) is 6.07 Å². The van der Waals surface area contributed by atoms with Crippen LogP contribution in [0.25, 0.3) is 0 Å². The molecule has 0 atom stereocenters. The number of hydrogen-bond acceptors (Lipinski definition) is 1. The molecule has 0 spiro atoms. The zero-order valence-corrected chi connectivity index (χ0v) is 6.52. The van der Waals surface area contributed by atoms with Gasteiger partial charge in [0.15, 0.2) is 7.28 Å². The van der Waals surface area contributed by atoms with Gasteiger partial charge in [-0.05, 0) is 12.1 Å². The Morgan fingerprint density at radius 1 is 1.42 bits per heavy atom. The van der Waals surface area contributed by atoms with E-state index in [1.165, 1.54) is 12.3 Å². The van der Waals surface area contributed by atoms with Crippen LogP contribution in [-0.4, -0.2) is 12.3 Å². The van der Waals surface area contributed by atoms with Crippen molar-refractivity contribution in [3.8, 4) is 0 Å². The van der Waals surface area contributed by atoms with Crippen LogP contribution in [-0.2, 0) is 6.18 Å². The fourth-order valence-electron chi connectivity index (χ4n) is 0.978. The maximum Gasteiger partial charge on any atom is 0.417 e. The van der Waals surface area contributed by atoms with Gasteiger partial charge in [-0.25, -0.2) is 0 Å². The minimum absolute atomic E-state index is 0.102. The smallest absolute Gasteiger partial charge is 0.271 e. The number of aromatic nitrogens is 1. The molecule has 64 valence electrons. The molecule has 0 bridgehead atoms. The maximum absolute atomic E-state index is 12.2. The molecular formula is C7H7BF3N. The van der Waals surface area contributed by atoms with E-state index < -0.39 is 11.7 Å². The van der Waals surface area contributed by atoms with Crippen molar-refractivity contribution in [2.24, 2.45) is 0 Å². The summed E-state index contributed by atoms with van der Waals surface area (Å²) in [6.07, 6.45) is -2.91. The first-order chi connectivity index (χ1) is 5.55. The van der Waals surface area contributed by atoms with Crippen molar-refractivity contribution in [2.75, 3.05) is 0 Å². The van der Waals surface area contributed by atoms with Gasteiger partial charge in [0.2, 0.25) is 0 Å². The van der Waals surface area contributed by atoms with E-state index in [1.807, 2.05) is 0 Å². The van der Waals surface area contributed by atoms with Crippen molar-refractivity contribution >= 4 is 12.9 Å². The first-order valence-electron chi connectivity index (χ1n) is 3.56. The number of hydrogen-bond donors (Lipinski definition) is 0. The molecular weight excluding hydrogens is 166 g/mol. The van der Waals surface area contributed by atoms with Crippen LogP contribution in [0.2, 0.25) is 6.82 Å². The molecule has 0 unspecified atom stereocenters. The van der Waals surface area contributed by atoms with Crippen LogP contribution in [0.4, 0.5) is 13.2 Å². The molecule has 1 rings (SSSR count). The van der Waals surface area contributed by atoms with E-state index in [4.69, 9.17) is 0 Å². The summed E-state index contributed by atoms with van der Waals surface area (Å²) >= 11 is 0. The van der Waals surface area contributed by atoms with Crippen molar-refractivity contribution in [1.29, 1.82) is 0 Å². The Morgan fingerprint density at radius 3 is 2.50 bits per heavy atom. The number of alkyl halides is 3. The maximum atomic E-state index is 12.2. The van der Waals surface area contributed by atoms with Crippen molar-refractivity contribution in [1.82, 2.24) is 4.98 Å². The first kappa shape index (κ1) is 9.10. The number of rotatable bonds is 1. The van der Waals surface area contributed by atoms with Gasteiger partial charge in [0.25, 0.3) is 0 Å². The lowest BCUT2D eigenvalue weighted by Gasteiger charge is -2.09. The molecule has 5 heteroatoms. The Hall–Kier alpha value is -0.995. The third kappa shape index (κ3) is 1.78. The van der Waals surface area contributed by atoms with Crippen LogP contribution >= 0.6 is 0 Å². The van der Waals surface area contributed by atoms with Gasteiger partial charge in [0, 0.05) is 11.8 Å². The van der Waals surface area contributed by atoms with Crippen LogP contribution in [0.1, 0.15) is 5.56 Å². The predicted molar refractivity (Wildman–Crippen MR) is 41.9 cm³/mol. The second kappa shape index (κ2) is 3.17. The quantitative estimate of drug-likeness (QED) is 0.581. The van der Waals surface area contributed by atoms with E-state index in [1.54, 1.807) is 6.82 Å². The minimum atomic E-state index is -4.28. The molecule has 1 aromatic rings. The highest BCUT2D eigenvalue weighted by Crippen LogP contribution is 2.26. The Morgan fingerprint density at radius 2 is 2.08 bits per heavy atom. The number of nitrogens with zero attached hydrogens (tertiary/aromatic N) is 1. The highest BCUT2D eigenvalue weighted by molar-refractivity contribution is 6.51. The third-order valence-corrected chi connectivity index (χ3v) is 1.53. The number of pyridine rings is 1. The van der Waals surface area contributed by atoms with Crippen molar-refractivity contribution in [3.63, 3.8) is 0 Å². The topological polar surface area (TPSA) is 12.9 Å². The molecule has 1 heterocycles. The molecule has 0 saturated heterocycles. The fraction of sp³-hybridized carbons (Fsp3) is 0.286. The highest BCUT2D eigenvalue weighted by Gasteiger charge is 2.32. The summed E-state index contributed by atoms with van der Waals surface area (Å²) in [6.45, 7) is 1.65. The lowest BCUT2D eigenvalue weighted by Crippen LogP contribution is -2.26. The Bertz CT molecular complexity index is 272. The SMILES string of the molecule is CBc1ncccc1C(F)(F)F. The molecule has 0 saturated carbocycles. The van der Waals surface area contributed by atoms with Crippen LogP contribution < -0.4 is 5.59 Å². The van der Waals surface area contributed by atoms with Gasteiger partial charge in [0.1, 0.15) is 0 Å². The highest BCUT2D eigenvalue weighted by atomic mass is 19.4. The van der Waals surface area contributed by atoms with E-state index in [9.17, 15) is 13.2 Å². The lowest BCUT2D eigenvalue weighted by molar-refractivity contribution is -0.136. The van der Waals surface area contributed by atoms with Crippen molar-refractivity contribution in [2.45, 2.75) is 13.0 Å². The monoisotopic (exact) mass is 173 g/mol. The summed E-state index contributed by atoms with van der Waals surface area (Å²) < 4.78 is 36.6. The summed E-state index contributed by atoms with van der Waals surface area (Å²) in [4.78, 5) is 3.64. The van der Waals surface area contributed by atoms with Gasteiger partial charge in [-0.2, -0.15) is 13.2 Å². The Labute approximate surface area is 68.9 Å². The van der Waals surface area contributed by atoms with E-state index in [0.29, 0.717) is 7.28 Å². The van der Waals surface area contributed by atoms with Crippen molar-refractivity contribution in [3.05, 3.63) is 23.9 Å². The first-order valence-corrected chi connectivity index (χ1v) is 3.56. The molecule has 1 aromatic heterocycles. The van der Waals surface area contributed by atoms with Crippen LogP contribution in [0.5, 0.6) is 0 Å². The molecule has 0 aromatic carbocycles. The predicted octanol–water partition coefficient (Wildman–Crippen LogP) is 1.21. The van der Waals surface area contributed by atoms with Gasteiger partial charge in [0.05, 0.1) is 5.56 Å². The molecule has 0 fully saturated rings. The second-order valence-electron chi connectivity index (χ2n) is 2.35. The van der Waals surface area contributed by atoms with Gasteiger partial charge < -0.3 is 0 Å². The van der Waals surface area contributed by atoms with E-state index in [2.05, 4.69) is 4.98 Å². The minimum Gasteiger partial charge on any atom is -0.271 e. The molecule has 0 radical (unpaired) electrons. The summed E-state index contributed by atoms with van der Waals surface area (Å²) in [7, 11) is 0.301. The molecule has 1 nitrogen and oxygen atoms in total. The van der Waals surface area contributed by atoms with Gasteiger partial charge >= 0.3 is 6.18 Å². The largest absolute Gasteiger partial charge is 0.417 e. The second-order valence-corrected chi connectivity index (χ2v) is 2.35. The summed E-state index contributed by atoms with van der Waals surface area (Å²) in [6, 6.07) is 2.34. The van der Waals surface area contributed by atoms with E-state index >= 15 is 0 Å². The molecule has 0 aliphatic heterocycles. The average Bonchev–Trinajstić information content (AvgIpc) is 2.03. The molecule has 0 aliphatic rings. The standard InChI is InChI=1S/C7H7BF3N/c1-8-6-5(7(9,10)11)3-2-4-12-6/h2-4,8H,1H3. The van der Waals surface area contributed by atoms with Crippen LogP contribution in [0.15, 0.2) is 18.3 Å². The lowest BCUT2D eigenvalue weighted by atomic mass is 9.75. The van der Waals surface area contributed by atoms with Gasteiger partial charge in [-0.15, -0.1) is 0 Å². The van der Waals surface area contributed by atoms with Crippen LogP contribution in [0, 0.1) is 0 Å². The Kier molecular flexibility index (Phi) is 2.40. The average molecular weight is 173 g/mol. The molecule has 0 N–H and O–H groups in total. The third-order valence-electron chi connectivity index (χ3n) is 1.53. The molecule has 0 amide bonds. The summed E-state index contributed by atoms with van der Waals surface area (Å²) in [5.41, 5.74) is -0.530. The fourth-order valence-corrected chi connectivity index (χ4v) is 0.978. The normalized spacial score (nSPS) is 11.3.